The van der Waals surface area contributed by atoms with Gasteiger partial charge in [-0.3, -0.25) is 14.0 Å². The van der Waals surface area contributed by atoms with E-state index >= 15 is 0 Å². The summed E-state index contributed by atoms with van der Waals surface area (Å²) in [5, 5.41) is 10.4. The van der Waals surface area contributed by atoms with Crippen LogP contribution in [0, 0.1) is 11.8 Å². The molecule has 1 aromatic carbocycles. The van der Waals surface area contributed by atoms with Gasteiger partial charge < -0.3 is 15.7 Å². The normalized spacial score (nSPS) is 18.7. The average molecular weight is 443 g/mol. The lowest BCUT2D eigenvalue weighted by Gasteiger charge is -2.13. The molecule has 1 atom stereocenters. The minimum atomic E-state index is -4.70. The van der Waals surface area contributed by atoms with Gasteiger partial charge in [0.25, 0.3) is 11.8 Å². The van der Waals surface area contributed by atoms with Crippen molar-refractivity contribution >= 4 is 17.5 Å². The molecule has 1 aliphatic rings. The molecule has 1 saturated heterocycles. The molecule has 3 aromatic rings. The third-order valence-electron chi connectivity index (χ3n) is 5.12. The number of likely N-dealkylation sites (tertiary alicyclic amines) is 1. The summed E-state index contributed by atoms with van der Waals surface area (Å²) in [5.41, 5.74) is 2.84. The SMILES string of the molecule is CN1CC[C@@](O)(C#Cc2ccc(-c3nc(C(N)=O)cn4c(C(F)(F)F)cnc34)cc2)C1=O. The third kappa shape index (κ3) is 3.65. The molecule has 32 heavy (non-hydrogen) atoms. The Labute approximate surface area is 179 Å². The third-order valence-corrected chi connectivity index (χ3v) is 5.12. The largest absolute Gasteiger partial charge is 0.433 e. The molecule has 164 valence electrons. The number of hydrogen-bond donors (Lipinski definition) is 2. The Balaban J connectivity index is 1.74. The van der Waals surface area contributed by atoms with Crippen LogP contribution in [-0.4, -0.2) is 55.4 Å². The lowest BCUT2D eigenvalue weighted by Crippen LogP contribution is -2.37. The quantitative estimate of drug-likeness (QED) is 0.582. The first kappa shape index (κ1) is 21.3. The summed E-state index contributed by atoms with van der Waals surface area (Å²) in [5.74, 6) is 3.85. The van der Waals surface area contributed by atoms with Crippen LogP contribution in [0.4, 0.5) is 13.2 Å². The van der Waals surface area contributed by atoms with Crippen LogP contribution in [0.25, 0.3) is 16.9 Å². The fourth-order valence-corrected chi connectivity index (χ4v) is 3.37. The molecule has 0 saturated carbocycles. The molecular weight excluding hydrogens is 427 g/mol. The fourth-order valence-electron chi connectivity index (χ4n) is 3.37. The fraction of sp³-hybridized carbons (Fsp3) is 0.238. The number of benzene rings is 1. The van der Waals surface area contributed by atoms with Crippen molar-refractivity contribution in [2.75, 3.05) is 13.6 Å². The maximum Gasteiger partial charge on any atom is 0.433 e. The van der Waals surface area contributed by atoms with Crippen molar-refractivity contribution in [1.29, 1.82) is 0 Å². The number of aliphatic hydroxyl groups is 1. The highest BCUT2D eigenvalue weighted by Crippen LogP contribution is 2.32. The van der Waals surface area contributed by atoms with Gasteiger partial charge in [0.1, 0.15) is 17.1 Å². The van der Waals surface area contributed by atoms with Crippen LogP contribution >= 0.6 is 0 Å². The lowest BCUT2D eigenvalue weighted by atomic mass is 10.0. The first-order chi connectivity index (χ1) is 15.0. The Morgan fingerprint density at radius 2 is 1.97 bits per heavy atom. The summed E-state index contributed by atoms with van der Waals surface area (Å²) < 4.78 is 40.7. The van der Waals surface area contributed by atoms with E-state index in [1.165, 1.54) is 17.0 Å². The van der Waals surface area contributed by atoms with Gasteiger partial charge in [0.05, 0.1) is 6.20 Å². The maximum absolute atomic E-state index is 13.3. The van der Waals surface area contributed by atoms with E-state index in [4.69, 9.17) is 5.73 Å². The molecule has 11 heteroatoms. The van der Waals surface area contributed by atoms with Crippen molar-refractivity contribution in [2.24, 2.45) is 5.73 Å². The van der Waals surface area contributed by atoms with Crippen molar-refractivity contribution in [3.05, 3.63) is 53.6 Å². The van der Waals surface area contributed by atoms with Gasteiger partial charge in [-0.2, -0.15) is 13.2 Å². The first-order valence-electron chi connectivity index (χ1n) is 9.36. The number of amides is 2. The van der Waals surface area contributed by atoms with E-state index in [1.54, 1.807) is 19.2 Å². The second-order valence-corrected chi connectivity index (χ2v) is 7.34. The zero-order chi connectivity index (χ0) is 23.3. The predicted octanol–water partition coefficient (Wildman–Crippen LogP) is 1.46. The topological polar surface area (TPSA) is 114 Å². The van der Waals surface area contributed by atoms with Gasteiger partial charge in [0.15, 0.2) is 5.65 Å². The number of hydrogen-bond acceptors (Lipinski definition) is 5. The summed E-state index contributed by atoms with van der Waals surface area (Å²) in [6.07, 6.45) is -2.95. The Morgan fingerprint density at radius 3 is 2.53 bits per heavy atom. The molecule has 1 fully saturated rings. The highest BCUT2D eigenvalue weighted by atomic mass is 19.4. The molecule has 8 nitrogen and oxygen atoms in total. The number of imidazole rings is 1. The Kier molecular flexibility index (Phi) is 4.90. The molecule has 2 aromatic heterocycles. The summed E-state index contributed by atoms with van der Waals surface area (Å²) >= 11 is 0. The summed E-state index contributed by atoms with van der Waals surface area (Å²) in [4.78, 5) is 32.9. The van der Waals surface area contributed by atoms with Crippen LogP contribution in [0.1, 0.15) is 28.2 Å². The van der Waals surface area contributed by atoms with Crippen molar-refractivity contribution in [2.45, 2.75) is 18.2 Å². The maximum atomic E-state index is 13.3. The van der Waals surface area contributed by atoms with E-state index in [2.05, 4.69) is 21.8 Å². The summed E-state index contributed by atoms with van der Waals surface area (Å²) in [6, 6.07) is 6.17. The van der Waals surface area contributed by atoms with Crippen LogP contribution in [0.5, 0.6) is 0 Å². The molecule has 0 aliphatic carbocycles. The van der Waals surface area contributed by atoms with E-state index < -0.39 is 29.3 Å². The van der Waals surface area contributed by atoms with Crippen LogP contribution < -0.4 is 5.73 Å². The molecule has 3 N–H and O–H groups in total. The summed E-state index contributed by atoms with van der Waals surface area (Å²) in [7, 11) is 1.57. The number of alkyl halides is 3. The lowest BCUT2D eigenvalue weighted by molar-refractivity contribution is -0.141. The number of primary amides is 1. The molecule has 1 aliphatic heterocycles. The second-order valence-electron chi connectivity index (χ2n) is 7.34. The minimum absolute atomic E-state index is 0.0301. The van der Waals surface area contributed by atoms with Gasteiger partial charge in [0, 0.05) is 37.3 Å². The zero-order valence-electron chi connectivity index (χ0n) is 16.6. The number of nitrogens with two attached hydrogens (primary N) is 1. The van der Waals surface area contributed by atoms with Gasteiger partial charge in [-0.1, -0.05) is 24.0 Å². The monoisotopic (exact) mass is 443 g/mol. The number of likely N-dealkylation sites (N-methyl/N-ethyl adjacent to an activating group) is 1. The molecule has 0 unspecified atom stereocenters. The van der Waals surface area contributed by atoms with Crippen LogP contribution in [-0.2, 0) is 11.0 Å². The number of rotatable bonds is 2. The smallest absolute Gasteiger partial charge is 0.369 e. The van der Waals surface area contributed by atoms with E-state index in [0.29, 0.717) is 23.9 Å². The number of fused-ring (bicyclic) bond motifs is 1. The van der Waals surface area contributed by atoms with Crippen molar-refractivity contribution in [1.82, 2.24) is 19.3 Å². The van der Waals surface area contributed by atoms with Crippen molar-refractivity contribution in [3.63, 3.8) is 0 Å². The molecule has 0 spiro atoms. The predicted molar refractivity (Wildman–Crippen MR) is 106 cm³/mol. The Bertz CT molecular complexity index is 1300. The van der Waals surface area contributed by atoms with E-state index in [1.807, 2.05) is 0 Å². The molecule has 4 rings (SSSR count). The van der Waals surface area contributed by atoms with Crippen LogP contribution in [0.15, 0.2) is 36.7 Å². The van der Waals surface area contributed by atoms with Crippen LogP contribution in [0.2, 0.25) is 0 Å². The molecule has 0 bridgehead atoms. The van der Waals surface area contributed by atoms with Gasteiger partial charge in [-0.05, 0) is 12.1 Å². The number of nitrogens with zero attached hydrogens (tertiary/aromatic N) is 4. The number of carbonyl (C=O) groups excluding carboxylic acids is 2. The zero-order valence-corrected chi connectivity index (χ0v) is 16.6. The Morgan fingerprint density at radius 1 is 1.28 bits per heavy atom. The summed E-state index contributed by atoms with van der Waals surface area (Å²) in [6.45, 7) is 0.394. The van der Waals surface area contributed by atoms with Gasteiger partial charge in [-0.15, -0.1) is 0 Å². The first-order valence-corrected chi connectivity index (χ1v) is 9.36. The van der Waals surface area contributed by atoms with E-state index in [9.17, 15) is 27.9 Å². The average Bonchev–Trinajstić information content (AvgIpc) is 3.29. The number of aromatic nitrogens is 3. The van der Waals surface area contributed by atoms with Crippen molar-refractivity contribution < 1.29 is 27.9 Å². The van der Waals surface area contributed by atoms with Gasteiger partial charge >= 0.3 is 6.18 Å². The van der Waals surface area contributed by atoms with Gasteiger partial charge in [0.2, 0.25) is 5.60 Å². The molecular formula is C21H16F3N5O3. The molecule has 0 radical (unpaired) electrons. The molecule has 2 amide bonds. The highest BCUT2D eigenvalue weighted by Gasteiger charge is 2.42. The van der Waals surface area contributed by atoms with Crippen molar-refractivity contribution in [3.8, 4) is 23.1 Å². The highest BCUT2D eigenvalue weighted by molar-refractivity contribution is 5.92. The van der Waals surface area contributed by atoms with Gasteiger partial charge in [-0.25, -0.2) is 9.97 Å². The van der Waals surface area contributed by atoms with E-state index in [0.717, 1.165) is 10.6 Å². The van der Waals surface area contributed by atoms with Crippen LogP contribution in [0.3, 0.4) is 0 Å². The number of halogens is 3. The second kappa shape index (κ2) is 7.35. The standard InChI is InChI=1S/C21H16F3N5O3/c1-28-9-8-20(32,19(28)31)7-6-12-2-4-13(5-3-12)16-18-26-10-15(21(22,23)24)29(18)11-14(27-16)17(25)30/h2-5,10-11,32H,8-9H2,1H3,(H2,25,30)/t20-/m0/s1. The molecule has 3 heterocycles. The Hall–Kier alpha value is -3.91. The minimum Gasteiger partial charge on any atom is -0.369 e. The number of carbonyl (C=O) groups is 2. The van der Waals surface area contributed by atoms with E-state index in [-0.39, 0.29) is 23.5 Å².